The van der Waals surface area contributed by atoms with E-state index in [9.17, 15) is 32.7 Å². The highest BCUT2D eigenvalue weighted by atomic mass is 35.5. The van der Waals surface area contributed by atoms with Crippen LogP contribution in [0, 0.1) is 6.92 Å². The molecule has 1 spiro atoms. The molecule has 0 saturated carbocycles. The van der Waals surface area contributed by atoms with Gasteiger partial charge in [0, 0.05) is 37.2 Å². The number of alkyl halides is 3. The summed E-state index contributed by atoms with van der Waals surface area (Å²) < 4.78 is 48.4. The number of nitrogens with one attached hydrogen (secondary N) is 1. The number of nitrogens with zero attached hydrogens (tertiary/aromatic N) is 7. The summed E-state index contributed by atoms with van der Waals surface area (Å²) in [5.41, 5.74) is -0.728. The van der Waals surface area contributed by atoms with Crippen molar-refractivity contribution in [3.8, 4) is 17.1 Å². The number of benzene rings is 1. The Morgan fingerprint density at radius 2 is 1.92 bits per heavy atom. The summed E-state index contributed by atoms with van der Waals surface area (Å²) in [7, 11) is 0. The topological polar surface area (TPSA) is 157 Å². The molecular formula is C32H26ClF3N8O5. The SMILES string of the molecule is Cc1cnccc1-c1nc2n(CC(=O)Nc3ccc(C(F)(F)F)cc3Cl)c3c(c(=O)n2n1)C1(CCN(C(=O)c2ncccc2O)CC1)OC3. The number of ether oxygens (including phenoxy) is 1. The number of hydrogen-bond acceptors (Lipinski definition) is 9. The Kier molecular flexibility index (Phi) is 7.86. The number of piperidine rings is 1. The summed E-state index contributed by atoms with van der Waals surface area (Å²) in [5.74, 6) is -1.11. The molecule has 0 unspecified atom stereocenters. The molecule has 1 saturated heterocycles. The maximum atomic E-state index is 14.2. The molecule has 1 fully saturated rings. The molecular weight excluding hydrogens is 669 g/mol. The standard InChI is InChI=1S/C32H26ClF3N8O5/c1-17-14-37-10-6-19(17)27-40-30-43(15-24(46)39-21-5-4-18(13-20(21)33)32(34,35)36)22-16-49-31(25(22)28(47)44(30)41-27)7-11-42(12-8-31)29(48)26-23(45)3-2-9-38-26/h2-6,9-10,13-14,45H,7-8,11-12,15-16H2,1H3,(H,39,46). The van der Waals surface area contributed by atoms with Crippen LogP contribution in [0.15, 0.2) is 59.8 Å². The van der Waals surface area contributed by atoms with E-state index in [4.69, 9.17) is 16.3 Å². The number of amides is 2. The zero-order valence-electron chi connectivity index (χ0n) is 25.7. The van der Waals surface area contributed by atoms with Crippen LogP contribution in [-0.2, 0) is 34.5 Å². The van der Waals surface area contributed by atoms with Crippen LogP contribution in [0.25, 0.3) is 17.2 Å². The van der Waals surface area contributed by atoms with Gasteiger partial charge in [0.05, 0.1) is 34.1 Å². The molecule has 2 N–H and O–H groups in total. The molecule has 17 heteroatoms. The second-order valence-electron chi connectivity index (χ2n) is 11.7. The first kappa shape index (κ1) is 32.2. The summed E-state index contributed by atoms with van der Waals surface area (Å²) in [6.07, 6.45) is 0.411. The molecule has 2 aliphatic rings. The third kappa shape index (κ3) is 5.65. The van der Waals surface area contributed by atoms with Crippen molar-refractivity contribution < 1.29 is 32.6 Å². The summed E-state index contributed by atoms with van der Waals surface area (Å²) in [6.45, 7) is 1.68. The van der Waals surface area contributed by atoms with Crippen LogP contribution in [0.1, 0.15) is 45.7 Å². The third-order valence-corrected chi connectivity index (χ3v) is 9.09. The Bertz CT molecular complexity index is 2210. The monoisotopic (exact) mass is 694 g/mol. The van der Waals surface area contributed by atoms with Crippen molar-refractivity contribution in [2.24, 2.45) is 0 Å². The van der Waals surface area contributed by atoms with Crippen LogP contribution in [0.3, 0.4) is 0 Å². The number of carbonyl (C=O) groups is 2. The Balaban J connectivity index is 1.26. The first-order valence-corrected chi connectivity index (χ1v) is 15.4. The van der Waals surface area contributed by atoms with Gasteiger partial charge in [-0.05, 0) is 61.7 Å². The van der Waals surface area contributed by atoms with Crippen molar-refractivity contribution >= 4 is 34.9 Å². The van der Waals surface area contributed by atoms with Crippen molar-refractivity contribution in [2.45, 2.75) is 44.7 Å². The fourth-order valence-corrected chi connectivity index (χ4v) is 6.52. The summed E-state index contributed by atoms with van der Waals surface area (Å²) in [5, 5.41) is 16.9. The van der Waals surface area contributed by atoms with Gasteiger partial charge in [0.25, 0.3) is 11.5 Å². The van der Waals surface area contributed by atoms with Crippen molar-refractivity contribution in [2.75, 3.05) is 18.4 Å². The van der Waals surface area contributed by atoms with E-state index in [0.29, 0.717) is 11.3 Å². The first-order chi connectivity index (χ1) is 23.4. The smallest absolute Gasteiger partial charge is 0.416 e. The van der Waals surface area contributed by atoms with E-state index in [1.807, 2.05) is 6.92 Å². The molecule has 252 valence electrons. The molecule has 7 rings (SSSR count). The number of halogens is 4. The molecule has 5 aromatic rings. The second kappa shape index (κ2) is 12.0. The van der Waals surface area contributed by atoms with Crippen LogP contribution >= 0.6 is 11.6 Å². The summed E-state index contributed by atoms with van der Waals surface area (Å²) >= 11 is 6.10. The molecule has 0 radical (unpaired) electrons. The van der Waals surface area contributed by atoms with Crippen LogP contribution in [0.5, 0.6) is 5.75 Å². The molecule has 0 aliphatic carbocycles. The molecule has 0 atom stereocenters. The van der Waals surface area contributed by atoms with Crippen LogP contribution in [-0.4, -0.2) is 64.0 Å². The molecule has 49 heavy (non-hydrogen) atoms. The molecule has 0 bridgehead atoms. The van der Waals surface area contributed by atoms with E-state index in [2.05, 4.69) is 25.4 Å². The predicted octanol–water partition coefficient (Wildman–Crippen LogP) is 4.33. The number of aryl methyl sites for hydroxylation is 1. The second-order valence-corrected chi connectivity index (χ2v) is 12.1. The zero-order chi connectivity index (χ0) is 34.7. The van der Waals surface area contributed by atoms with E-state index in [1.165, 1.54) is 27.8 Å². The minimum Gasteiger partial charge on any atom is -0.505 e. The van der Waals surface area contributed by atoms with E-state index >= 15 is 0 Å². The number of fused-ring (bicyclic) bond motifs is 3. The Labute approximate surface area is 280 Å². The van der Waals surface area contributed by atoms with E-state index < -0.39 is 41.3 Å². The average molecular weight is 695 g/mol. The minimum atomic E-state index is -4.62. The fourth-order valence-electron chi connectivity index (χ4n) is 6.29. The van der Waals surface area contributed by atoms with Gasteiger partial charge in [0.2, 0.25) is 11.7 Å². The quantitative estimate of drug-likeness (QED) is 0.273. The molecule has 4 aromatic heterocycles. The normalized spacial score (nSPS) is 15.5. The van der Waals surface area contributed by atoms with Gasteiger partial charge in [0.15, 0.2) is 11.5 Å². The largest absolute Gasteiger partial charge is 0.505 e. The highest BCUT2D eigenvalue weighted by Crippen LogP contribution is 2.43. The van der Waals surface area contributed by atoms with Gasteiger partial charge >= 0.3 is 6.18 Å². The maximum absolute atomic E-state index is 14.2. The molecule has 6 heterocycles. The van der Waals surface area contributed by atoms with E-state index in [0.717, 1.165) is 28.3 Å². The van der Waals surface area contributed by atoms with Gasteiger partial charge in [-0.2, -0.15) is 22.7 Å². The van der Waals surface area contributed by atoms with Crippen molar-refractivity contribution in [3.05, 3.63) is 98.4 Å². The number of aromatic hydroxyl groups is 1. The molecule has 2 amide bonds. The maximum Gasteiger partial charge on any atom is 0.416 e. The van der Waals surface area contributed by atoms with Crippen LogP contribution in [0.4, 0.5) is 18.9 Å². The van der Waals surface area contributed by atoms with Gasteiger partial charge < -0.3 is 24.6 Å². The molecule has 1 aromatic carbocycles. The predicted molar refractivity (Wildman–Crippen MR) is 168 cm³/mol. The Morgan fingerprint density at radius 3 is 2.61 bits per heavy atom. The van der Waals surface area contributed by atoms with E-state index in [1.54, 1.807) is 18.5 Å². The lowest BCUT2D eigenvalue weighted by atomic mass is 9.85. The number of carbonyl (C=O) groups excluding carboxylic acids is 2. The number of hydrogen-bond donors (Lipinski definition) is 2. The van der Waals surface area contributed by atoms with Crippen molar-refractivity contribution in [3.63, 3.8) is 0 Å². The first-order valence-electron chi connectivity index (χ1n) is 15.0. The van der Waals surface area contributed by atoms with Gasteiger partial charge in [-0.25, -0.2) is 4.98 Å². The molecule has 2 aliphatic heterocycles. The Hall–Kier alpha value is -5.35. The summed E-state index contributed by atoms with van der Waals surface area (Å²) in [6, 6.07) is 7.17. The van der Waals surface area contributed by atoms with Gasteiger partial charge in [-0.1, -0.05) is 11.6 Å². The minimum absolute atomic E-state index is 0.0355. The molecule has 13 nitrogen and oxygen atoms in total. The van der Waals surface area contributed by atoms with Crippen molar-refractivity contribution in [1.82, 2.24) is 34.0 Å². The van der Waals surface area contributed by atoms with Crippen LogP contribution in [0.2, 0.25) is 5.02 Å². The fraction of sp³-hybridized carbons (Fsp3) is 0.281. The number of likely N-dealkylation sites (tertiary alicyclic amines) is 1. The highest BCUT2D eigenvalue weighted by Gasteiger charge is 2.48. The lowest BCUT2D eigenvalue weighted by molar-refractivity contribution is -0.137. The lowest BCUT2D eigenvalue weighted by Gasteiger charge is -2.38. The van der Waals surface area contributed by atoms with E-state index in [-0.39, 0.29) is 71.9 Å². The highest BCUT2D eigenvalue weighted by molar-refractivity contribution is 6.33. The van der Waals surface area contributed by atoms with Gasteiger partial charge in [-0.15, -0.1) is 5.10 Å². The number of anilines is 1. The third-order valence-electron chi connectivity index (χ3n) is 8.77. The number of rotatable bonds is 5. The Morgan fingerprint density at radius 1 is 1.14 bits per heavy atom. The zero-order valence-corrected chi connectivity index (χ0v) is 26.4. The average Bonchev–Trinajstić information content (AvgIpc) is 3.67. The number of aromatic nitrogens is 6. The number of pyridine rings is 2. The van der Waals surface area contributed by atoms with Crippen molar-refractivity contribution in [1.29, 1.82) is 0 Å². The lowest BCUT2D eigenvalue weighted by Crippen LogP contribution is -2.47. The van der Waals surface area contributed by atoms with Gasteiger partial charge in [-0.3, -0.25) is 19.4 Å². The van der Waals surface area contributed by atoms with Crippen LogP contribution < -0.4 is 10.9 Å². The van der Waals surface area contributed by atoms with Gasteiger partial charge in [0.1, 0.15) is 17.9 Å². The summed E-state index contributed by atoms with van der Waals surface area (Å²) in [4.78, 5) is 55.1.